The largest absolute Gasteiger partial charge is 0.478 e. The van der Waals surface area contributed by atoms with Gasteiger partial charge in [0.15, 0.2) is 0 Å². The molecular weight excluding hydrogens is 184 g/mol. The third-order valence-corrected chi connectivity index (χ3v) is 2.77. The Morgan fingerprint density at radius 2 is 2.15 bits per heavy atom. The van der Waals surface area contributed by atoms with E-state index in [0.29, 0.717) is 5.57 Å². The van der Waals surface area contributed by atoms with Crippen LogP contribution in [0.5, 0.6) is 0 Å². The number of thiophene rings is 1. The fraction of sp³-hybridized carbons (Fsp3) is 0.300. The molecule has 2 nitrogen and oxygen atoms in total. The Hall–Kier alpha value is -1.09. The van der Waals surface area contributed by atoms with Gasteiger partial charge in [-0.05, 0) is 38.5 Å². The highest BCUT2D eigenvalue weighted by Crippen LogP contribution is 2.22. The molecule has 70 valence electrons. The second-order valence-electron chi connectivity index (χ2n) is 3.00. The first kappa shape index (κ1) is 9.99. The van der Waals surface area contributed by atoms with Crippen LogP contribution in [0.1, 0.15) is 22.2 Å². The van der Waals surface area contributed by atoms with Gasteiger partial charge in [0.05, 0.1) is 0 Å². The van der Waals surface area contributed by atoms with Gasteiger partial charge in [-0.1, -0.05) is 0 Å². The highest BCUT2D eigenvalue weighted by atomic mass is 32.1. The second kappa shape index (κ2) is 3.75. The molecule has 1 rings (SSSR count). The summed E-state index contributed by atoms with van der Waals surface area (Å²) in [5, 5.41) is 8.68. The SMILES string of the molecule is CC(=Cc1cc(C)sc1C)C(=O)O. The van der Waals surface area contributed by atoms with E-state index in [1.54, 1.807) is 24.3 Å². The monoisotopic (exact) mass is 196 g/mol. The lowest BCUT2D eigenvalue weighted by Gasteiger charge is -1.92. The summed E-state index contributed by atoms with van der Waals surface area (Å²) in [7, 11) is 0. The van der Waals surface area contributed by atoms with Gasteiger partial charge in [0.2, 0.25) is 0 Å². The lowest BCUT2D eigenvalue weighted by Crippen LogP contribution is -1.95. The predicted molar refractivity (Wildman–Crippen MR) is 55.1 cm³/mol. The Morgan fingerprint density at radius 3 is 2.54 bits per heavy atom. The lowest BCUT2D eigenvalue weighted by molar-refractivity contribution is -0.132. The number of carboxylic acids is 1. The number of aliphatic carboxylic acids is 1. The zero-order valence-corrected chi connectivity index (χ0v) is 8.73. The number of hydrogen-bond acceptors (Lipinski definition) is 2. The molecule has 1 aromatic heterocycles. The van der Waals surface area contributed by atoms with E-state index in [1.165, 1.54) is 4.88 Å². The van der Waals surface area contributed by atoms with Crippen molar-refractivity contribution < 1.29 is 9.90 Å². The van der Waals surface area contributed by atoms with Crippen LogP contribution in [0.3, 0.4) is 0 Å². The Labute approximate surface area is 81.5 Å². The molecule has 0 aliphatic carbocycles. The van der Waals surface area contributed by atoms with Crippen LogP contribution in [0, 0.1) is 13.8 Å². The average Bonchev–Trinajstić information content (AvgIpc) is 2.30. The third-order valence-electron chi connectivity index (χ3n) is 1.79. The van der Waals surface area contributed by atoms with E-state index in [9.17, 15) is 4.79 Å². The van der Waals surface area contributed by atoms with Crippen molar-refractivity contribution in [2.45, 2.75) is 20.8 Å². The fourth-order valence-corrected chi connectivity index (χ4v) is 1.99. The molecule has 0 saturated heterocycles. The maximum atomic E-state index is 10.6. The lowest BCUT2D eigenvalue weighted by atomic mass is 10.1. The van der Waals surface area contributed by atoms with Crippen molar-refractivity contribution in [1.29, 1.82) is 0 Å². The van der Waals surface area contributed by atoms with E-state index in [2.05, 4.69) is 0 Å². The highest BCUT2D eigenvalue weighted by molar-refractivity contribution is 7.12. The number of hydrogen-bond donors (Lipinski definition) is 1. The van der Waals surface area contributed by atoms with Crippen molar-refractivity contribution >= 4 is 23.4 Å². The molecule has 0 saturated carbocycles. The van der Waals surface area contributed by atoms with Crippen LogP contribution in [0.2, 0.25) is 0 Å². The van der Waals surface area contributed by atoms with Crippen molar-refractivity contribution in [1.82, 2.24) is 0 Å². The second-order valence-corrected chi connectivity index (χ2v) is 4.46. The van der Waals surface area contributed by atoms with Crippen LogP contribution in [0.15, 0.2) is 11.6 Å². The Kier molecular flexibility index (Phi) is 2.88. The van der Waals surface area contributed by atoms with Gasteiger partial charge in [0, 0.05) is 15.3 Å². The maximum Gasteiger partial charge on any atom is 0.331 e. The molecule has 13 heavy (non-hydrogen) atoms. The normalized spacial score (nSPS) is 11.8. The topological polar surface area (TPSA) is 37.3 Å². The van der Waals surface area contributed by atoms with Crippen molar-refractivity contribution in [2.24, 2.45) is 0 Å². The molecule has 3 heteroatoms. The zero-order chi connectivity index (χ0) is 10.0. The molecule has 0 amide bonds. The van der Waals surface area contributed by atoms with E-state index < -0.39 is 5.97 Å². The summed E-state index contributed by atoms with van der Waals surface area (Å²) >= 11 is 1.69. The van der Waals surface area contributed by atoms with Gasteiger partial charge in [-0.2, -0.15) is 0 Å². The van der Waals surface area contributed by atoms with Crippen LogP contribution in [0.4, 0.5) is 0 Å². The highest BCUT2D eigenvalue weighted by Gasteiger charge is 2.03. The predicted octanol–water partition coefficient (Wildman–Crippen LogP) is 2.85. The molecule has 0 bridgehead atoms. The van der Waals surface area contributed by atoms with Crippen molar-refractivity contribution in [3.05, 3.63) is 27.0 Å². The summed E-state index contributed by atoms with van der Waals surface area (Å²) in [6, 6.07) is 2.01. The van der Waals surface area contributed by atoms with Gasteiger partial charge in [-0.3, -0.25) is 0 Å². The standard InChI is InChI=1S/C10H12O2S/c1-6(10(11)12)4-9-5-7(2)13-8(9)3/h4-5H,1-3H3,(H,11,12). The molecule has 1 aromatic rings. The molecular formula is C10H12O2S. The van der Waals surface area contributed by atoms with E-state index >= 15 is 0 Å². The molecule has 0 atom stereocenters. The van der Waals surface area contributed by atoms with E-state index in [1.807, 2.05) is 19.9 Å². The maximum absolute atomic E-state index is 10.6. The quantitative estimate of drug-likeness (QED) is 0.738. The molecule has 0 aliphatic rings. The number of carboxylic acid groups (broad SMARTS) is 1. The molecule has 0 radical (unpaired) electrons. The Morgan fingerprint density at radius 1 is 1.54 bits per heavy atom. The van der Waals surface area contributed by atoms with Crippen LogP contribution in [-0.4, -0.2) is 11.1 Å². The molecule has 0 unspecified atom stereocenters. The summed E-state index contributed by atoms with van der Waals surface area (Å²) in [6.07, 6.45) is 1.71. The molecule has 0 aliphatic heterocycles. The zero-order valence-electron chi connectivity index (χ0n) is 7.92. The number of carbonyl (C=O) groups is 1. The van der Waals surface area contributed by atoms with Crippen molar-refractivity contribution in [3.63, 3.8) is 0 Å². The minimum atomic E-state index is -0.858. The molecule has 1 N–H and O–H groups in total. The van der Waals surface area contributed by atoms with E-state index in [-0.39, 0.29) is 0 Å². The smallest absolute Gasteiger partial charge is 0.331 e. The van der Waals surface area contributed by atoms with Crippen LogP contribution < -0.4 is 0 Å². The summed E-state index contributed by atoms with van der Waals surface area (Å²) in [6.45, 7) is 5.62. The Balaban J connectivity index is 3.03. The van der Waals surface area contributed by atoms with E-state index in [0.717, 1.165) is 10.4 Å². The first-order valence-corrected chi connectivity index (χ1v) is 4.81. The summed E-state index contributed by atoms with van der Waals surface area (Å²) in [5.74, 6) is -0.858. The summed E-state index contributed by atoms with van der Waals surface area (Å²) in [5.41, 5.74) is 1.39. The van der Waals surface area contributed by atoms with Gasteiger partial charge in [0.1, 0.15) is 0 Å². The molecule has 0 spiro atoms. The van der Waals surface area contributed by atoms with Crippen LogP contribution in [0.25, 0.3) is 6.08 Å². The van der Waals surface area contributed by atoms with E-state index in [4.69, 9.17) is 5.11 Å². The number of aryl methyl sites for hydroxylation is 2. The van der Waals surface area contributed by atoms with Gasteiger partial charge >= 0.3 is 5.97 Å². The van der Waals surface area contributed by atoms with Crippen molar-refractivity contribution in [3.8, 4) is 0 Å². The van der Waals surface area contributed by atoms with Gasteiger partial charge in [0.25, 0.3) is 0 Å². The molecule has 0 aromatic carbocycles. The minimum absolute atomic E-state index is 0.376. The van der Waals surface area contributed by atoms with Gasteiger partial charge < -0.3 is 5.11 Å². The first-order chi connectivity index (χ1) is 6.00. The number of rotatable bonds is 2. The fourth-order valence-electron chi connectivity index (χ4n) is 1.09. The molecule has 0 fully saturated rings. The summed E-state index contributed by atoms with van der Waals surface area (Å²) in [4.78, 5) is 12.9. The summed E-state index contributed by atoms with van der Waals surface area (Å²) < 4.78 is 0. The Bertz CT molecular complexity index is 361. The minimum Gasteiger partial charge on any atom is -0.478 e. The molecule has 1 heterocycles. The van der Waals surface area contributed by atoms with Crippen molar-refractivity contribution in [2.75, 3.05) is 0 Å². The average molecular weight is 196 g/mol. The van der Waals surface area contributed by atoms with Gasteiger partial charge in [-0.25, -0.2) is 4.79 Å². The van der Waals surface area contributed by atoms with Crippen LogP contribution in [-0.2, 0) is 4.79 Å². The first-order valence-electron chi connectivity index (χ1n) is 3.99. The third kappa shape index (κ3) is 2.42. The van der Waals surface area contributed by atoms with Gasteiger partial charge in [-0.15, -0.1) is 11.3 Å². The van der Waals surface area contributed by atoms with Crippen LogP contribution >= 0.6 is 11.3 Å².